The van der Waals surface area contributed by atoms with E-state index in [0.29, 0.717) is 10.3 Å². The molecular weight excluding hydrogens is 268 g/mol. The first kappa shape index (κ1) is 12.6. The summed E-state index contributed by atoms with van der Waals surface area (Å²) in [6.45, 7) is 2.77. The van der Waals surface area contributed by atoms with Crippen molar-refractivity contribution >= 4 is 21.4 Å². The van der Waals surface area contributed by atoms with E-state index in [9.17, 15) is 8.42 Å². The molecule has 6 heteroatoms. The van der Waals surface area contributed by atoms with Crippen LogP contribution in [0.25, 0.3) is 0 Å². The Morgan fingerprint density at radius 2 is 1.94 bits per heavy atom. The molecule has 0 atom stereocenters. The largest absolute Gasteiger partial charge is 0.309 e. The summed E-state index contributed by atoms with van der Waals surface area (Å²) in [5, 5.41) is 3.43. The lowest BCUT2D eigenvalue weighted by atomic mass is 10.3. The van der Waals surface area contributed by atoms with Gasteiger partial charge in [0.1, 0.15) is 4.21 Å². The second kappa shape index (κ2) is 4.59. The van der Waals surface area contributed by atoms with Crippen molar-refractivity contribution in [2.75, 3.05) is 0 Å². The topological polar surface area (TPSA) is 58.2 Å². The van der Waals surface area contributed by atoms with Gasteiger partial charge in [0.25, 0.3) is 0 Å². The minimum atomic E-state index is -3.28. The summed E-state index contributed by atoms with van der Waals surface area (Å²) >= 11 is 1.39. The molecule has 0 unspecified atom stereocenters. The van der Waals surface area contributed by atoms with Crippen molar-refractivity contribution in [1.82, 2.24) is 10.0 Å². The van der Waals surface area contributed by atoms with Crippen molar-refractivity contribution in [3.8, 4) is 0 Å². The first-order valence-corrected chi connectivity index (χ1v) is 8.69. The molecule has 0 aliphatic heterocycles. The van der Waals surface area contributed by atoms with Crippen LogP contribution in [-0.2, 0) is 16.6 Å². The molecule has 1 aromatic heterocycles. The number of hydrogen-bond donors (Lipinski definition) is 2. The third-order valence-electron chi connectivity index (χ3n) is 3.29. The summed E-state index contributed by atoms with van der Waals surface area (Å²) in [5.41, 5.74) is 1.07. The predicted molar refractivity (Wildman–Crippen MR) is 72.3 cm³/mol. The van der Waals surface area contributed by atoms with Crippen LogP contribution in [0.15, 0.2) is 10.3 Å². The lowest BCUT2D eigenvalue weighted by molar-refractivity contribution is 0.583. The molecule has 1 heterocycles. The van der Waals surface area contributed by atoms with E-state index in [1.807, 2.05) is 6.92 Å². The highest BCUT2D eigenvalue weighted by Gasteiger charge is 2.29. The van der Waals surface area contributed by atoms with Crippen LogP contribution in [0.2, 0.25) is 0 Å². The lowest BCUT2D eigenvalue weighted by Gasteiger charge is -2.02. The molecule has 4 nitrogen and oxygen atoms in total. The Morgan fingerprint density at radius 1 is 1.28 bits per heavy atom. The number of aryl methyl sites for hydroxylation is 1. The van der Waals surface area contributed by atoms with Crippen LogP contribution >= 0.6 is 11.3 Å². The molecule has 0 saturated heterocycles. The molecule has 100 valence electrons. The van der Waals surface area contributed by atoms with E-state index in [4.69, 9.17) is 0 Å². The van der Waals surface area contributed by atoms with Gasteiger partial charge in [0, 0.05) is 23.5 Å². The summed E-state index contributed by atoms with van der Waals surface area (Å²) in [5.74, 6) is 0. The summed E-state index contributed by atoms with van der Waals surface area (Å²) in [4.78, 5) is 1.14. The number of thiophene rings is 1. The van der Waals surface area contributed by atoms with E-state index in [1.54, 1.807) is 6.07 Å². The smallest absolute Gasteiger partial charge is 0.250 e. The molecule has 2 saturated carbocycles. The molecule has 18 heavy (non-hydrogen) atoms. The first-order chi connectivity index (χ1) is 8.54. The fraction of sp³-hybridized carbons (Fsp3) is 0.667. The van der Waals surface area contributed by atoms with E-state index in [2.05, 4.69) is 10.0 Å². The summed E-state index contributed by atoms with van der Waals surface area (Å²) in [7, 11) is -3.28. The van der Waals surface area contributed by atoms with E-state index in [0.717, 1.165) is 29.8 Å². The molecule has 1 aromatic rings. The Kier molecular flexibility index (Phi) is 3.21. The van der Waals surface area contributed by atoms with Crippen molar-refractivity contribution < 1.29 is 8.42 Å². The standard InChI is InChI=1S/C12H18N2O2S2/c1-8-6-12(18(15,16)14-10-4-5-10)17-11(8)7-13-9-2-3-9/h6,9-10,13-14H,2-5,7H2,1H3. The Labute approximate surface area is 112 Å². The zero-order chi connectivity index (χ0) is 12.8. The third-order valence-corrected chi connectivity index (χ3v) is 6.52. The van der Waals surface area contributed by atoms with Crippen LogP contribution in [0.3, 0.4) is 0 Å². The number of rotatable bonds is 6. The molecule has 2 aliphatic rings. The first-order valence-electron chi connectivity index (χ1n) is 6.39. The molecule has 2 N–H and O–H groups in total. The van der Waals surface area contributed by atoms with Crippen molar-refractivity contribution in [3.05, 3.63) is 16.5 Å². The van der Waals surface area contributed by atoms with E-state index in [1.165, 1.54) is 24.2 Å². The van der Waals surface area contributed by atoms with Crippen molar-refractivity contribution in [2.24, 2.45) is 0 Å². The Morgan fingerprint density at radius 3 is 2.56 bits per heavy atom. The molecular formula is C12H18N2O2S2. The molecule has 2 aliphatic carbocycles. The van der Waals surface area contributed by atoms with Gasteiger partial charge in [-0.15, -0.1) is 11.3 Å². The predicted octanol–water partition coefficient (Wildman–Crippen LogP) is 1.75. The fourth-order valence-corrected chi connectivity index (χ4v) is 4.66. The molecule has 0 spiro atoms. The maximum Gasteiger partial charge on any atom is 0.250 e. The van der Waals surface area contributed by atoms with Crippen LogP contribution in [0, 0.1) is 6.92 Å². The van der Waals surface area contributed by atoms with Crippen molar-refractivity contribution in [2.45, 2.75) is 55.4 Å². The highest BCUT2D eigenvalue weighted by molar-refractivity contribution is 7.91. The van der Waals surface area contributed by atoms with Gasteiger partial charge < -0.3 is 5.32 Å². The van der Waals surface area contributed by atoms with Gasteiger partial charge in [0.15, 0.2) is 0 Å². The second-order valence-electron chi connectivity index (χ2n) is 5.22. The minimum absolute atomic E-state index is 0.172. The minimum Gasteiger partial charge on any atom is -0.309 e. The number of sulfonamides is 1. The molecule has 0 bridgehead atoms. The summed E-state index contributed by atoms with van der Waals surface area (Å²) in [6, 6.07) is 2.61. The van der Waals surface area contributed by atoms with Crippen LogP contribution in [-0.4, -0.2) is 20.5 Å². The Bertz CT molecular complexity index is 542. The van der Waals surface area contributed by atoms with Gasteiger partial charge in [-0.1, -0.05) is 0 Å². The normalized spacial score (nSPS) is 20.3. The molecule has 0 aromatic carbocycles. The van der Waals surface area contributed by atoms with Crippen LogP contribution in [0.5, 0.6) is 0 Å². The third kappa shape index (κ3) is 2.93. The Balaban J connectivity index is 1.72. The second-order valence-corrected chi connectivity index (χ2v) is 8.30. The zero-order valence-electron chi connectivity index (χ0n) is 10.4. The van der Waals surface area contributed by atoms with Gasteiger partial charge >= 0.3 is 0 Å². The monoisotopic (exact) mass is 286 g/mol. The maximum atomic E-state index is 12.1. The van der Waals surface area contributed by atoms with Gasteiger partial charge in [0.05, 0.1) is 0 Å². The van der Waals surface area contributed by atoms with Gasteiger partial charge in [-0.2, -0.15) is 0 Å². The average molecular weight is 286 g/mol. The van der Waals surface area contributed by atoms with Crippen LogP contribution in [0.4, 0.5) is 0 Å². The van der Waals surface area contributed by atoms with E-state index < -0.39 is 10.0 Å². The van der Waals surface area contributed by atoms with Gasteiger partial charge in [-0.25, -0.2) is 13.1 Å². The highest BCUT2D eigenvalue weighted by atomic mass is 32.2. The average Bonchev–Trinajstić information content (AvgIpc) is 3.19. The number of hydrogen-bond acceptors (Lipinski definition) is 4. The number of nitrogens with one attached hydrogen (secondary N) is 2. The van der Waals surface area contributed by atoms with E-state index in [-0.39, 0.29) is 6.04 Å². The Hall–Kier alpha value is -0.430. The van der Waals surface area contributed by atoms with E-state index >= 15 is 0 Å². The van der Waals surface area contributed by atoms with Crippen molar-refractivity contribution in [1.29, 1.82) is 0 Å². The SMILES string of the molecule is Cc1cc(S(=O)(=O)NC2CC2)sc1CNC1CC1. The quantitative estimate of drug-likeness (QED) is 0.837. The summed E-state index contributed by atoms with van der Waals surface area (Å²) < 4.78 is 27.3. The van der Waals surface area contributed by atoms with Crippen LogP contribution in [0.1, 0.15) is 36.1 Å². The van der Waals surface area contributed by atoms with Gasteiger partial charge in [0.2, 0.25) is 10.0 Å². The summed E-state index contributed by atoms with van der Waals surface area (Å²) in [6.07, 6.45) is 4.44. The zero-order valence-corrected chi connectivity index (χ0v) is 12.0. The fourth-order valence-electron chi connectivity index (χ4n) is 1.80. The van der Waals surface area contributed by atoms with Gasteiger partial charge in [-0.05, 0) is 44.2 Å². The molecule has 2 fully saturated rings. The molecule has 0 radical (unpaired) electrons. The molecule has 0 amide bonds. The van der Waals surface area contributed by atoms with Crippen LogP contribution < -0.4 is 10.0 Å². The lowest BCUT2D eigenvalue weighted by Crippen LogP contribution is -2.24. The highest BCUT2D eigenvalue weighted by Crippen LogP contribution is 2.29. The van der Waals surface area contributed by atoms with Crippen molar-refractivity contribution in [3.63, 3.8) is 0 Å². The molecule has 3 rings (SSSR count). The maximum absolute atomic E-state index is 12.1. The van der Waals surface area contributed by atoms with Gasteiger partial charge in [-0.3, -0.25) is 0 Å².